The summed E-state index contributed by atoms with van der Waals surface area (Å²) in [4.78, 5) is 25.4. The number of para-hydroxylation sites is 1. The van der Waals surface area contributed by atoms with Gasteiger partial charge < -0.3 is 15.5 Å². The van der Waals surface area contributed by atoms with Gasteiger partial charge in [0.1, 0.15) is 17.1 Å². The maximum Gasteiger partial charge on any atom is 0.433 e. The van der Waals surface area contributed by atoms with E-state index in [0.29, 0.717) is 28.6 Å². The molecular weight excluding hydrogens is 457 g/mol. The number of rotatable bonds is 5. The minimum absolute atomic E-state index is 0.146. The number of aliphatic imine (C=N–C) groups is 1. The van der Waals surface area contributed by atoms with Crippen LogP contribution in [0, 0.1) is 0 Å². The summed E-state index contributed by atoms with van der Waals surface area (Å²) in [6.07, 6.45) is -0.303. The van der Waals surface area contributed by atoms with Gasteiger partial charge in [-0.2, -0.15) is 13.2 Å². The van der Waals surface area contributed by atoms with Crippen LogP contribution in [0.1, 0.15) is 30.5 Å². The average molecular weight is 483 g/mol. The number of carbonyl (C=O) groups is 1. The van der Waals surface area contributed by atoms with Crippen molar-refractivity contribution in [1.29, 1.82) is 0 Å². The fraction of sp³-hybridized carbons (Fsp3) is 0.320. The van der Waals surface area contributed by atoms with Gasteiger partial charge in [-0.1, -0.05) is 30.8 Å². The second-order valence-corrected chi connectivity index (χ2v) is 8.82. The Morgan fingerprint density at radius 1 is 1.17 bits per heavy atom. The van der Waals surface area contributed by atoms with Crippen LogP contribution in [0.5, 0.6) is 0 Å². The van der Waals surface area contributed by atoms with E-state index in [9.17, 15) is 18.0 Å². The zero-order valence-corrected chi connectivity index (χ0v) is 19.1. The zero-order valence-electron chi connectivity index (χ0n) is 19.1. The van der Waals surface area contributed by atoms with Crippen LogP contribution >= 0.6 is 0 Å². The summed E-state index contributed by atoms with van der Waals surface area (Å²) in [7, 11) is 1.70. The van der Waals surface area contributed by atoms with Gasteiger partial charge in [0.15, 0.2) is 0 Å². The number of aromatic nitrogens is 1. The van der Waals surface area contributed by atoms with Crippen molar-refractivity contribution in [3.63, 3.8) is 0 Å². The zero-order chi connectivity index (χ0) is 24.7. The number of alkyl halides is 3. The fourth-order valence-corrected chi connectivity index (χ4v) is 4.80. The van der Waals surface area contributed by atoms with Crippen LogP contribution in [0.3, 0.4) is 0 Å². The van der Waals surface area contributed by atoms with Crippen molar-refractivity contribution < 1.29 is 18.0 Å². The van der Waals surface area contributed by atoms with Crippen molar-refractivity contribution in [3.05, 3.63) is 83.6 Å². The second kappa shape index (κ2) is 8.75. The molecule has 3 heterocycles. The Morgan fingerprint density at radius 3 is 2.63 bits per heavy atom. The van der Waals surface area contributed by atoms with Crippen molar-refractivity contribution in [1.82, 2.24) is 20.1 Å². The molecule has 2 aliphatic heterocycles. The molecule has 0 spiro atoms. The first-order valence-corrected chi connectivity index (χ1v) is 11.4. The first kappa shape index (κ1) is 22.9. The predicted octanol–water partition coefficient (Wildman–Crippen LogP) is 4.09. The lowest BCUT2D eigenvalue weighted by Gasteiger charge is -2.39. The molecule has 1 aliphatic carbocycles. The number of benzene rings is 1. The molecule has 1 saturated carbocycles. The van der Waals surface area contributed by atoms with Gasteiger partial charge in [0.2, 0.25) is 5.96 Å². The molecule has 3 aliphatic rings. The Balaban J connectivity index is 1.48. The van der Waals surface area contributed by atoms with Gasteiger partial charge in [0, 0.05) is 25.5 Å². The molecule has 35 heavy (non-hydrogen) atoms. The lowest BCUT2D eigenvalue weighted by Crippen LogP contribution is -2.53. The van der Waals surface area contributed by atoms with Crippen LogP contribution in [-0.2, 0) is 17.5 Å². The van der Waals surface area contributed by atoms with Crippen LogP contribution in [0.25, 0.3) is 0 Å². The number of guanidine groups is 1. The third kappa shape index (κ3) is 4.24. The third-order valence-electron chi connectivity index (χ3n) is 6.55. The quantitative estimate of drug-likeness (QED) is 0.628. The summed E-state index contributed by atoms with van der Waals surface area (Å²) in [5.74, 6) is 0.768. The summed E-state index contributed by atoms with van der Waals surface area (Å²) >= 11 is 0. The molecular formula is C25H25F3N6O. The van der Waals surface area contributed by atoms with E-state index in [2.05, 4.69) is 22.2 Å². The highest BCUT2D eigenvalue weighted by Crippen LogP contribution is 2.40. The summed E-state index contributed by atoms with van der Waals surface area (Å²) in [6, 6.07) is 11.9. The number of nitrogens with zero attached hydrogens (tertiary/aromatic N) is 4. The normalized spacial score (nSPS) is 23.1. The summed E-state index contributed by atoms with van der Waals surface area (Å²) in [5.41, 5.74) is 1.25. The van der Waals surface area contributed by atoms with E-state index in [0.717, 1.165) is 31.0 Å². The summed E-state index contributed by atoms with van der Waals surface area (Å²) in [6.45, 7) is 4.42. The van der Waals surface area contributed by atoms with E-state index in [1.165, 1.54) is 17.2 Å². The Bertz CT molecular complexity index is 1210. The molecule has 0 radical (unpaired) electrons. The average Bonchev–Trinajstić information content (AvgIpc) is 3.43. The number of halogens is 3. The van der Waals surface area contributed by atoms with Crippen molar-refractivity contribution in [3.8, 4) is 0 Å². The van der Waals surface area contributed by atoms with E-state index in [-0.39, 0.29) is 24.5 Å². The molecule has 1 amide bonds. The number of nitrogens with one attached hydrogen (secondary N) is 2. The van der Waals surface area contributed by atoms with Crippen LogP contribution in [0.2, 0.25) is 0 Å². The molecule has 1 saturated heterocycles. The highest BCUT2D eigenvalue weighted by Gasteiger charge is 2.48. The van der Waals surface area contributed by atoms with Gasteiger partial charge in [-0.05, 0) is 43.0 Å². The van der Waals surface area contributed by atoms with Gasteiger partial charge in [-0.3, -0.25) is 14.7 Å². The molecule has 2 atom stereocenters. The molecule has 2 fully saturated rings. The van der Waals surface area contributed by atoms with Crippen molar-refractivity contribution in [2.24, 2.45) is 4.99 Å². The van der Waals surface area contributed by atoms with Crippen molar-refractivity contribution in [2.45, 2.75) is 44.1 Å². The molecule has 10 heteroatoms. The molecule has 2 unspecified atom stereocenters. The standard InChI is InChI=1S/C25H25F3N6O/c1-15-21(23(35)33(2)24-32-18-9-6-10-19(18)34(15)24)22(31-17-7-4-3-5-8-17)30-14-16-11-12-20(29-13-16)25(26,27)28/h3-5,7-8,11-13,18-19,30-31H,1,6,9-10,14H2,2H3/b22-21-. The number of pyridine rings is 1. The molecule has 7 nitrogen and oxygen atoms in total. The number of hydrogen-bond acceptors (Lipinski definition) is 6. The SMILES string of the molecule is C=C1/C(=C(\NCc2ccc(C(F)(F)F)nc2)Nc2ccccc2)C(=O)N(C)C2=NC3CCCC3N12. The maximum atomic E-state index is 13.5. The van der Waals surface area contributed by atoms with Crippen molar-refractivity contribution in [2.75, 3.05) is 12.4 Å². The smallest absolute Gasteiger partial charge is 0.367 e. The fourth-order valence-electron chi connectivity index (χ4n) is 4.80. The predicted molar refractivity (Wildman–Crippen MR) is 126 cm³/mol. The van der Waals surface area contributed by atoms with Crippen LogP contribution in [0.4, 0.5) is 18.9 Å². The monoisotopic (exact) mass is 482 g/mol. The third-order valence-corrected chi connectivity index (χ3v) is 6.55. The lowest BCUT2D eigenvalue weighted by atomic mass is 10.0. The number of amides is 1. The highest BCUT2D eigenvalue weighted by molar-refractivity contribution is 6.13. The molecule has 1 aromatic heterocycles. The van der Waals surface area contributed by atoms with Gasteiger partial charge in [0.25, 0.3) is 5.91 Å². The lowest BCUT2D eigenvalue weighted by molar-refractivity contribution is -0.141. The Labute approximate surface area is 201 Å². The van der Waals surface area contributed by atoms with E-state index in [1.807, 2.05) is 35.2 Å². The minimum Gasteiger partial charge on any atom is -0.367 e. The number of likely N-dealkylation sites (N-methyl/N-ethyl adjacent to an activating group) is 1. The second-order valence-electron chi connectivity index (χ2n) is 8.82. The topological polar surface area (TPSA) is 72.9 Å². The molecule has 182 valence electrons. The molecule has 5 rings (SSSR count). The van der Waals surface area contributed by atoms with Gasteiger partial charge in [-0.25, -0.2) is 4.99 Å². The number of anilines is 1. The first-order chi connectivity index (χ1) is 16.7. The molecule has 2 N–H and O–H groups in total. The van der Waals surface area contributed by atoms with E-state index in [4.69, 9.17) is 4.99 Å². The van der Waals surface area contributed by atoms with Crippen LogP contribution in [-0.4, -0.2) is 45.8 Å². The number of carbonyl (C=O) groups excluding carboxylic acids is 1. The van der Waals surface area contributed by atoms with Gasteiger partial charge in [-0.15, -0.1) is 0 Å². The highest BCUT2D eigenvalue weighted by atomic mass is 19.4. The summed E-state index contributed by atoms with van der Waals surface area (Å²) < 4.78 is 38.6. The Hall–Kier alpha value is -3.82. The molecule has 0 bridgehead atoms. The van der Waals surface area contributed by atoms with Crippen molar-refractivity contribution >= 4 is 17.6 Å². The maximum absolute atomic E-state index is 13.5. The van der Waals surface area contributed by atoms with E-state index >= 15 is 0 Å². The van der Waals surface area contributed by atoms with Crippen LogP contribution < -0.4 is 10.6 Å². The number of fused-ring (bicyclic) bond motifs is 3. The van der Waals surface area contributed by atoms with E-state index in [1.54, 1.807) is 7.05 Å². The minimum atomic E-state index is -4.50. The van der Waals surface area contributed by atoms with Gasteiger partial charge >= 0.3 is 6.18 Å². The molecule has 2 aromatic rings. The van der Waals surface area contributed by atoms with Crippen LogP contribution in [0.15, 0.2) is 77.3 Å². The largest absolute Gasteiger partial charge is 0.433 e. The molecule has 1 aromatic carbocycles. The van der Waals surface area contributed by atoms with Gasteiger partial charge in [0.05, 0.1) is 17.8 Å². The first-order valence-electron chi connectivity index (χ1n) is 11.4. The Kier molecular flexibility index (Phi) is 5.74. The number of hydrogen-bond donors (Lipinski definition) is 2. The Morgan fingerprint density at radius 2 is 1.94 bits per heavy atom. The summed E-state index contributed by atoms with van der Waals surface area (Å²) in [5, 5.41) is 6.47. The van der Waals surface area contributed by atoms with E-state index < -0.39 is 11.9 Å².